The van der Waals surface area contributed by atoms with Crippen molar-refractivity contribution in [2.24, 2.45) is 5.73 Å². The molecule has 0 aliphatic carbocycles. The smallest absolute Gasteiger partial charge is 0.249 e. The molecular formula is C21H21ClFN3O2. The van der Waals surface area contributed by atoms with E-state index in [4.69, 9.17) is 22.1 Å². The second-order valence-corrected chi connectivity index (χ2v) is 7.42. The van der Waals surface area contributed by atoms with Crippen molar-refractivity contribution in [1.82, 2.24) is 10.3 Å². The van der Waals surface area contributed by atoms with E-state index in [1.54, 1.807) is 0 Å². The Kier molecular flexibility index (Phi) is 5.24. The Morgan fingerprint density at radius 1 is 1.36 bits per heavy atom. The Labute approximate surface area is 167 Å². The normalized spacial score (nSPS) is 16.0. The highest BCUT2D eigenvalue weighted by Crippen LogP contribution is 2.31. The summed E-state index contributed by atoms with van der Waals surface area (Å²) in [6, 6.07) is 8.53. The van der Waals surface area contributed by atoms with Crippen molar-refractivity contribution >= 4 is 28.4 Å². The highest BCUT2D eigenvalue weighted by atomic mass is 35.5. The van der Waals surface area contributed by atoms with Crippen LogP contribution in [0.4, 0.5) is 4.39 Å². The minimum atomic E-state index is -0.571. The van der Waals surface area contributed by atoms with E-state index in [0.29, 0.717) is 24.2 Å². The Morgan fingerprint density at radius 2 is 2.21 bits per heavy atom. The third kappa shape index (κ3) is 3.57. The molecular weight excluding hydrogens is 381 g/mol. The lowest BCUT2D eigenvalue weighted by Crippen LogP contribution is -2.40. The zero-order valence-corrected chi connectivity index (χ0v) is 16.0. The second-order valence-electron chi connectivity index (χ2n) is 7.01. The highest BCUT2D eigenvalue weighted by molar-refractivity contribution is 6.35. The van der Waals surface area contributed by atoms with E-state index in [-0.39, 0.29) is 11.8 Å². The number of hydrogen-bond donors (Lipinski definition) is 3. The van der Waals surface area contributed by atoms with Gasteiger partial charge in [-0.25, -0.2) is 4.39 Å². The van der Waals surface area contributed by atoms with Gasteiger partial charge in [0.2, 0.25) is 5.91 Å². The predicted molar refractivity (Wildman–Crippen MR) is 108 cm³/mol. The third-order valence-electron chi connectivity index (χ3n) is 5.16. The van der Waals surface area contributed by atoms with Crippen LogP contribution in [0.2, 0.25) is 5.02 Å². The number of amides is 1. The maximum Gasteiger partial charge on any atom is 0.249 e. The number of aromatic amines is 1. The van der Waals surface area contributed by atoms with Gasteiger partial charge < -0.3 is 20.8 Å². The van der Waals surface area contributed by atoms with E-state index in [1.807, 2.05) is 18.3 Å². The fourth-order valence-corrected chi connectivity index (χ4v) is 4.01. The van der Waals surface area contributed by atoms with Crippen LogP contribution in [-0.4, -0.2) is 30.1 Å². The van der Waals surface area contributed by atoms with Crippen molar-refractivity contribution in [3.05, 3.63) is 64.1 Å². The lowest BCUT2D eigenvalue weighted by atomic mass is 9.96. The summed E-state index contributed by atoms with van der Waals surface area (Å²) in [5, 5.41) is 5.30. The molecule has 4 rings (SSSR count). The molecule has 1 aliphatic rings. The number of carbonyl (C=O) groups excluding carboxylic acids is 1. The van der Waals surface area contributed by atoms with Crippen molar-refractivity contribution in [3.63, 3.8) is 0 Å². The number of primary amides is 1. The van der Waals surface area contributed by atoms with Gasteiger partial charge in [0.15, 0.2) is 11.6 Å². The van der Waals surface area contributed by atoms with Crippen LogP contribution in [0.3, 0.4) is 0 Å². The summed E-state index contributed by atoms with van der Waals surface area (Å²) in [6.45, 7) is 1.13. The number of benzene rings is 2. The predicted octanol–water partition coefficient (Wildman–Crippen LogP) is 3.59. The quantitative estimate of drug-likeness (QED) is 0.552. The average molecular weight is 402 g/mol. The zero-order valence-electron chi connectivity index (χ0n) is 15.2. The van der Waals surface area contributed by atoms with Crippen molar-refractivity contribution in [3.8, 4) is 5.75 Å². The number of halogens is 2. The molecule has 0 saturated carbocycles. The maximum absolute atomic E-state index is 14.0. The number of rotatable bonds is 6. The van der Waals surface area contributed by atoms with Crippen LogP contribution in [0.1, 0.15) is 27.9 Å². The summed E-state index contributed by atoms with van der Waals surface area (Å²) in [5.74, 6) is -0.889. The first-order chi connectivity index (χ1) is 13.5. The number of carbonyl (C=O) groups is 1. The SMILES string of the molecule is NC(=O)c1ccc(F)c2c1CC(NCCCc1c[nH]c3c(Cl)cccc13)CO2. The number of aromatic nitrogens is 1. The summed E-state index contributed by atoms with van der Waals surface area (Å²) in [4.78, 5) is 14.9. The highest BCUT2D eigenvalue weighted by Gasteiger charge is 2.26. The van der Waals surface area contributed by atoms with Gasteiger partial charge in [-0.05, 0) is 49.6 Å². The lowest BCUT2D eigenvalue weighted by molar-refractivity contribution is 0.0997. The summed E-state index contributed by atoms with van der Waals surface area (Å²) in [7, 11) is 0. The molecule has 4 N–H and O–H groups in total. The first kappa shape index (κ1) is 18.8. The summed E-state index contributed by atoms with van der Waals surface area (Å²) < 4.78 is 19.5. The minimum absolute atomic E-state index is 0.00446. The standard InChI is InChI=1S/C21H21ClFN3O2/c22-17-5-1-4-14-12(10-26-19(14)17)3-2-8-25-13-9-16-15(21(24)27)6-7-18(23)20(16)28-11-13/h1,4-7,10,13,25-26H,2-3,8-9,11H2,(H2,24,27). The number of nitrogens with two attached hydrogens (primary N) is 1. The van der Waals surface area contributed by atoms with Gasteiger partial charge in [-0.3, -0.25) is 4.79 Å². The fourth-order valence-electron chi connectivity index (χ4n) is 3.78. The van der Waals surface area contributed by atoms with Crippen LogP contribution >= 0.6 is 11.6 Å². The van der Waals surface area contributed by atoms with Gasteiger partial charge in [-0.15, -0.1) is 0 Å². The molecule has 0 bridgehead atoms. The van der Waals surface area contributed by atoms with Crippen LogP contribution in [0.15, 0.2) is 36.5 Å². The van der Waals surface area contributed by atoms with Crippen LogP contribution < -0.4 is 15.8 Å². The molecule has 1 amide bonds. The molecule has 0 spiro atoms. The Balaban J connectivity index is 1.36. The number of para-hydroxylation sites is 1. The van der Waals surface area contributed by atoms with Crippen molar-refractivity contribution < 1.29 is 13.9 Å². The Hall–Kier alpha value is -2.57. The zero-order chi connectivity index (χ0) is 19.7. The Morgan fingerprint density at radius 3 is 3.04 bits per heavy atom. The second kappa shape index (κ2) is 7.81. The number of nitrogens with one attached hydrogen (secondary N) is 2. The summed E-state index contributed by atoms with van der Waals surface area (Å²) in [5.41, 5.74) is 8.47. The molecule has 1 aliphatic heterocycles. The maximum atomic E-state index is 14.0. The van der Waals surface area contributed by atoms with Gasteiger partial charge in [0.1, 0.15) is 6.61 Å². The van der Waals surface area contributed by atoms with Gasteiger partial charge in [-0.2, -0.15) is 0 Å². The van der Waals surface area contributed by atoms with Gasteiger partial charge in [-0.1, -0.05) is 23.7 Å². The number of aryl methyl sites for hydroxylation is 1. The van der Waals surface area contributed by atoms with E-state index >= 15 is 0 Å². The number of ether oxygens (including phenoxy) is 1. The fraction of sp³-hybridized carbons (Fsp3) is 0.286. The van der Waals surface area contributed by atoms with Crippen molar-refractivity contribution in [1.29, 1.82) is 0 Å². The van der Waals surface area contributed by atoms with E-state index < -0.39 is 11.7 Å². The minimum Gasteiger partial charge on any atom is -0.489 e. The molecule has 0 fully saturated rings. The monoisotopic (exact) mass is 401 g/mol. The Bertz CT molecular complexity index is 1030. The lowest BCUT2D eigenvalue weighted by Gasteiger charge is -2.27. The molecule has 1 atom stereocenters. The van der Waals surface area contributed by atoms with E-state index in [9.17, 15) is 9.18 Å². The van der Waals surface area contributed by atoms with E-state index in [1.165, 1.54) is 17.7 Å². The van der Waals surface area contributed by atoms with Crippen molar-refractivity contribution in [2.75, 3.05) is 13.2 Å². The average Bonchev–Trinajstić information content (AvgIpc) is 3.10. The molecule has 7 heteroatoms. The van der Waals surface area contributed by atoms with E-state index in [2.05, 4.69) is 16.4 Å². The molecule has 2 heterocycles. The largest absolute Gasteiger partial charge is 0.489 e. The number of hydrogen-bond acceptors (Lipinski definition) is 3. The third-order valence-corrected chi connectivity index (χ3v) is 5.48. The van der Waals surface area contributed by atoms with Gasteiger partial charge in [0.05, 0.1) is 10.5 Å². The molecule has 3 aromatic rings. The molecule has 1 aromatic heterocycles. The molecule has 0 saturated heterocycles. The van der Waals surface area contributed by atoms with Crippen LogP contribution in [0, 0.1) is 5.82 Å². The topological polar surface area (TPSA) is 80.1 Å². The van der Waals surface area contributed by atoms with Crippen molar-refractivity contribution in [2.45, 2.75) is 25.3 Å². The van der Waals surface area contributed by atoms with Crippen LogP contribution in [0.25, 0.3) is 10.9 Å². The van der Waals surface area contributed by atoms with Crippen LogP contribution in [0.5, 0.6) is 5.75 Å². The van der Waals surface area contributed by atoms with Gasteiger partial charge in [0, 0.05) is 28.8 Å². The van der Waals surface area contributed by atoms with Gasteiger partial charge in [0.25, 0.3) is 0 Å². The number of fused-ring (bicyclic) bond motifs is 2. The summed E-state index contributed by atoms with van der Waals surface area (Å²) in [6.07, 6.45) is 4.33. The molecule has 28 heavy (non-hydrogen) atoms. The molecule has 1 unspecified atom stereocenters. The molecule has 146 valence electrons. The molecule has 2 aromatic carbocycles. The molecule has 5 nitrogen and oxygen atoms in total. The van der Waals surface area contributed by atoms with Crippen LogP contribution in [-0.2, 0) is 12.8 Å². The number of H-pyrrole nitrogens is 1. The molecule has 0 radical (unpaired) electrons. The summed E-state index contributed by atoms with van der Waals surface area (Å²) >= 11 is 6.20. The first-order valence-electron chi connectivity index (χ1n) is 9.26. The first-order valence-corrected chi connectivity index (χ1v) is 9.64. The van der Waals surface area contributed by atoms with Gasteiger partial charge >= 0.3 is 0 Å². The van der Waals surface area contributed by atoms with E-state index in [0.717, 1.165) is 35.3 Å².